The summed E-state index contributed by atoms with van der Waals surface area (Å²) < 4.78 is 0. The fourth-order valence-electron chi connectivity index (χ4n) is 3.37. The van der Waals surface area contributed by atoms with Crippen LogP contribution in [0.15, 0.2) is 30.3 Å². The first-order chi connectivity index (χ1) is 9.50. The minimum absolute atomic E-state index is 0.0527. The Labute approximate surface area is 122 Å². The molecule has 2 atom stereocenters. The van der Waals surface area contributed by atoms with E-state index in [9.17, 15) is 5.11 Å². The van der Waals surface area contributed by atoms with Gasteiger partial charge in [0.25, 0.3) is 0 Å². The third-order valence-corrected chi connectivity index (χ3v) is 4.50. The Bertz CT molecular complexity index is 401. The first-order valence-electron chi connectivity index (χ1n) is 7.72. The summed E-state index contributed by atoms with van der Waals surface area (Å²) in [6.45, 7) is 3.87. The predicted molar refractivity (Wildman–Crippen MR) is 83.4 cm³/mol. The highest BCUT2D eigenvalue weighted by Crippen LogP contribution is 2.30. The van der Waals surface area contributed by atoms with E-state index in [1.165, 1.54) is 5.56 Å². The summed E-state index contributed by atoms with van der Waals surface area (Å²) in [6.07, 6.45) is 4.19. The van der Waals surface area contributed by atoms with E-state index in [4.69, 9.17) is 5.73 Å². The quantitative estimate of drug-likeness (QED) is 0.839. The van der Waals surface area contributed by atoms with Gasteiger partial charge in [-0.05, 0) is 31.4 Å². The molecule has 3 N–H and O–H groups in total. The second-order valence-corrected chi connectivity index (χ2v) is 6.54. The lowest BCUT2D eigenvalue weighted by molar-refractivity contribution is 0.0126. The molecule has 3 nitrogen and oxygen atoms in total. The van der Waals surface area contributed by atoms with Crippen molar-refractivity contribution in [3.05, 3.63) is 35.9 Å². The number of nitrogens with zero attached hydrogens (tertiary/aromatic N) is 1. The van der Waals surface area contributed by atoms with E-state index in [2.05, 4.69) is 31.0 Å². The number of nitrogens with two attached hydrogens (primary N) is 1. The largest absolute Gasteiger partial charge is 0.389 e. The Hall–Kier alpha value is -0.900. The molecule has 0 aromatic heterocycles. The molecular formula is C17H28N2O. The zero-order valence-electron chi connectivity index (χ0n) is 12.8. The molecule has 3 heteroatoms. The third-order valence-electron chi connectivity index (χ3n) is 4.50. The predicted octanol–water partition coefficient (Wildman–Crippen LogP) is 2.56. The maximum absolute atomic E-state index is 10.5. The Balaban J connectivity index is 1.85. The molecule has 112 valence electrons. The van der Waals surface area contributed by atoms with E-state index < -0.39 is 5.60 Å². The highest BCUT2D eigenvalue weighted by Gasteiger charge is 2.32. The molecule has 0 aliphatic heterocycles. The molecule has 2 rings (SSSR count). The van der Waals surface area contributed by atoms with Gasteiger partial charge in [-0.2, -0.15) is 0 Å². The number of rotatable bonds is 6. The van der Waals surface area contributed by atoms with Crippen molar-refractivity contribution >= 4 is 0 Å². The van der Waals surface area contributed by atoms with E-state index in [1.807, 2.05) is 18.2 Å². The lowest BCUT2D eigenvalue weighted by atomic mass is 9.94. The van der Waals surface area contributed by atoms with Crippen molar-refractivity contribution in [1.29, 1.82) is 0 Å². The lowest BCUT2D eigenvalue weighted by Gasteiger charge is -2.31. The zero-order chi connectivity index (χ0) is 14.6. The molecule has 2 unspecified atom stereocenters. The van der Waals surface area contributed by atoms with Crippen molar-refractivity contribution in [3.8, 4) is 0 Å². The van der Waals surface area contributed by atoms with Crippen molar-refractivity contribution in [3.63, 3.8) is 0 Å². The summed E-state index contributed by atoms with van der Waals surface area (Å²) in [5.41, 5.74) is 7.06. The van der Waals surface area contributed by atoms with Crippen LogP contribution < -0.4 is 5.73 Å². The molecular weight excluding hydrogens is 248 g/mol. The highest BCUT2D eigenvalue weighted by atomic mass is 16.3. The van der Waals surface area contributed by atoms with Crippen molar-refractivity contribution < 1.29 is 5.11 Å². The van der Waals surface area contributed by atoms with Gasteiger partial charge in [-0.1, -0.05) is 50.1 Å². The first-order valence-corrected chi connectivity index (χ1v) is 7.72. The van der Waals surface area contributed by atoms with Crippen molar-refractivity contribution in [2.75, 3.05) is 20.1 Å². The van der Waals surface area contributed by atoms with Crippen LogP contribution in [0, 0.1) is 5.92 Å². The molecule has 1 saturated carbocycles. The normalized spacial score (nSPS) is 21.1. The van der Waals surface area contributed by atoms with Crippen LogP contribution >= 0.6 is 0 Å². The molecule has 1 fully saturated rings. The van der Waals surface area contributed by atoms with Gasteiger partial charge in [0, 0.05) is 19.1 Å². The number of likely N-dealkylation sites (N-methyl/N-ethyl adjacent to an activating group) is 1. The summed E-state index contributed by atoms with van der Waals surface area (Å²) in [5, 5.41) is 10.5. The number of aliphatic hydroxyl groups is 1. The van der Waals surface area contributed by atoms with Crippen molar-refractivity contribution in [2.24, 2.45) is 11.7 Å². The highest BCUT2D eigenvalue weighted by molar-refractivity contribution is 5.19. The van der Waals surface area contributed by atoms with Gasteiger partial charge in [-0.15, -0.1) is 0 Å². The second-order valence-electron chi connectivity index (χ2n) is 6.54. The Morgan fingerprint density at radius 1 is 1.25 bits per heavy atom. The van der Waals surface area contributed by atoms with E-state index in [0.29, 0.717) is 5.92 Å². The van der Waals surface area contributed by atoms with Gasteiger partial charge in [-0.3, -0.25) is 0 Å². The van der Waals surface area contributed by atoms with E-state index in [-0.39, 0.29) is 6.04 Å². The van der Waals surface area contributed by atoms with Gasteiger partial charge in [0.1, 0.15) is 0 Å². The SMILES string of the molecule is CC(CN(C)CC1(O)CCCC1)C(N)c1ccccc1. The fourth-order valence-corrected chi connectivity index (χ4v) is 3.37. The number of benzene rings is 1. The Kier molecular flexibility index (Phi) is 5.19. The minimum atomic E-state index is -0.467. The lowest BCUT2D eigenvalue weighted by Crippen LogP contribution is -2.42. The van der Waals surface area contributed by atoms with Crippen LogP contribution in [-0.2, 0) is 0 Å². The van der Waals surface area contributed by atoms with Crippen LogP contribution in [0.5, 0.6) is 0 Å². The maximum Gasteiger partial charge on any atom is 0.0774 e. The minimum Gasteiger partial charge on any atom is -0.389 e. The van der Waals surface area contributed by atoms with E-state index in [0.717, 1.165) is 38.8 Å². The summed E-state index contributed by atoms with van der Waals surface area (Å²) in [7, 11) is 2.09. The van der Waals surface area contributed by atoms with Crippen LogP contribution in [0.3, 0.4) is 0 Å². The van der Waals surface area contributed by atoms with Gasteiger partial charge >= 0.3 is 0 Å². The van der Waals surface area contributed by atoms with Crippen LogP contribution in [0.4, 0.5) is 0 Å². The van der Waals surface area contributed by atoms with Crippen LogP contribution in [-0.4, -0.2) is 35.7 Å². The maximum atomic E-state index is 10.5. The van der Waals surface area contributed by atoms with E-state index in [1.54, 1.807) is 0 Å². The second kappa shape index (κ2) is 6.70. The summed E-state index contributed by atoms with van der Waals surface area (Å²) in [4.78, 5) is 2.23. The van der Waals surface area contributed by atoms with Crippen LogP contribution in [0.1, 0.15) is 44.2 Å². The van der Waals surface area contributed by atoms with E-state index >= 15 is 0 Å². The van der Waals surface area contributed by atoms with Gasteiger partial charge in [0.05, 0.1) is 5.60 Å². The molecule has 0 spiro atoms. The summed E-state index contributed by atoms with van der Waals surface area (Å²) in [6, 6.07) is 10.3. The number of hydrogen-bond donors (Lipinski definition) is 2. The molecule has 0 bridgehead atoms. The molecule has 1 aliphatic carbocycles. The smallest absolute Gasteiger partial charge is 0.0774 e. The molecule has 20 heavy (non-hydrogen) atoms. The fraction of sp³-hybridized carbons (Fsp3) is 0.647. The van der Waals surface area contributed by atoms with Gasteiger partial charge < -0.3 is 15.7 Å². The summed E-state index contributed by atoms with van der Waals surface area (Å²) in [5.74, 6) is 0.368. The molecule has 1 aromatic rings. The molecule has 0 saturated heterocycles. The van der Waals surface area contributed by atoms with Gasteiger partial charge in [0.2, 0.25) is 0 Å². The Morgan fingerprint density at radius 2 is 1.85 bits per heavy atom. The average Bonchev–Trinajstić information content (AvgIpc) is 2.84. The summed E-state index contributed by atoms with van der Waals surface area (Å²) >= 11 is 0. The Morgan fingerprint density at radius 3 is 2.45 bits per heavy atom. The zero-order valence-corrected chi connectivity index (χ0v) is 12.8. The standard InChI is InChI=1S/C17H28N2O/c1-14(16(18)15-8-4-3-5-9-15)12-19(2)13-17(20)10-6-7-11-17/h3-5,8-9,14,16,20H,6-7,10-13,18H2,1-2H3. The third kappa shape index (κ3) is 4.05. The molecule has 1 aromatic carbocycles. The number of hydrogen-bond acceptors (Lipinski definition) is 3. The topological polar surface area (TPSA) is 49.5 Å². The van der Waals surface area contributed by atoms with Gasteiger partial charge in [0.15, 0.2) is 0 Å². The average molecular weight is 276 g/mol. The van der Waals surface area contributed by atoms with Crippen LogP contribution in [0.25, 0.3) is 0 Å². The van der Waals surface area contributed by atoms with Crippen LogP contribution in [0.2, 0.25) is 0 Å². The van der Waals surface area contributed by atoms with Crippen molar-refractivity contribution in [2.45, 2.75) is 44.2 Å². The first kappa shape index (κ1) is 15.5. The molecule has 1 aliphatic rings. The van der Waals surface area contributed by atoms with Crippen molar-refractivity contribution in [1.82, 2.24) is 4.90 Å². The monoisotopic (exact) mass is 276 g/mol. The van der Waals surface area contributed by atoms with Gasteiger partial charge in [-0.25, -0.2) is 0 Å². The molecule has 0 heterocycles. The molecule has 0 radical (unpaired) electrons. The molecule has 0 amide bonds.